The summed E-state index contributed by atoms with van der Waals surface area (Å²) in [6.45, 7) is 13.0. The molecular formula is C21H30N2OS. The molecule has 1 unspecified atom stereocenters. The van der Waals surface area contributed by atoms with Crippen LogP contribution < -0.4 is 10.3 Å². The smallest absolute Gasteiger partial charge is 0.275 e. The van der Waals surface area contributed by atoms with Crippen LogP contribution in [0, 0.1) is 19.3 Å². The third-order valence-corrected chi connectivity index (χ3v) is 4.73. The molecule has 0 radical (unpaired) electrons. The maximum atomic E-state index is 13.2. The molecule has 3 nitrogen and oxygen atoms in total. The van der Waals surface area contributed by atoms with Gasteiger partial charge in [0.25, 0.3) is 5.56 Å². The molecule has 2 aromatic rings. The van der Waals surface area contributed by atoms with E-state index in [0.29, 0.717) is 5.69 Å². The molecule has 1 heterocycles. The zero-order chi connectivity index (χ0) is 18.8. The number of nitrogens with zero attached hydrogens (tertiary/aromatic N) is 1. The minimum Gasteiger partial charge on any atom is -0.325 e. The molecule has 0 bridgehead atoms. The highest BCUT2D eigenvalue weighted by atomic mass is 32.2. The van der Waals surface area contributed by atoms with Crippen LogP contribution in [0.5, 0.6) is 0 Å². The van der Waals surface area contributed by atoms with Crippen molar-refractivity contribution in [2.75, 3.05) is 11.0 Å². The normalized spacial score (nSPS) is 12.9. The second kappa shape index (κ2) is 7.69. The van der Waals surface area contributed by atoms with Crippen LogP contribution in [0.4, 0.5) is 5.69 Å². The summed E-state index contributed by atoms with van der Waals surface area (Å²) in [5, 5.41) is 0. The van der Waals surface area contributed by atoms with Crippen LogP contribution >= 0.6 is 11.9 Å². The summed E-state index contributed by atoms with van der Waals surface area (Å²) < 4.78 is 5.12. The fourth-order valence-corrected chi connectivity index (χ4v) is 3.79. The van der Waals surface area contributed by atoms with E-state index in [2.05, 4.69) is 70.5 Å². The minimum atomic E-state index is 0.0484. The molecule has 0 saturated carbocycles. The van der Waals surface area contributed by atoms with Crippen LogP contribution in [0.3, 0.4) is 0 Å². The van der Waals surface area contributed by atoms with Crippen LogP contribution in [-0.4, -0.2) is 10.8 Å². The van der Waals surface area contributed by atoms with Gasteiger partial charge in [0, 0.05) is 12.3 Å². The van der Waals surface area contributed by atoms with Gasteiger partial charge in [-0.15, -0.1) is 0 Å². The molecule has 0 fully saturated rings. The van der Waals surface area contributed by atoms with E-state index in [4.69, 9.17) is 0 Å². The van der Waals surface area contributed by atoms with Gasteiger partial charge in [-0.05, 0) is 49.8 Å². The van der Waals surface area contributed by atoms with Crippen molar-refractivity contribution < 1.29 is 0 Å². The third-order valence-electron chi connectivity index (χ3n) is 4.31. The Hall–Kier alpha value is -1.68. The Morgan fingerprint density at radius 3 is 2.28 bits per heavy atom. The Morgan fingerprint density at radius 2 is 1.76 bits per heavy atom. The maximum absolute atomic E-state index is 13.2. The van der Waals surface area contributed by atoms with Gasteiger partial charge in [0.15, 0.2) is 0 Å². The van der Waals surface area contributed by atoms with Crippen molar-refractivity contribution in [1.82, 2.24) is 4.57 Å². The van der Waals surface area contributed by atoms with E-state index in [1.807, 2.05) is 16.9 Å². The van der Waals surface area contributed by atoms with Gasteiger partial charge in [0.1, 0.15) is 5.69 Å². The lowest BCUT2D eigenvalue weighted by molar-refractivity contribution is 0.304. The number of rotatable bonds is 5. The van der Waals surface area contributed by atoms with Crippen LogP contribution in [0.1, 0.15) is 51.3 Å². The number of aromatic nitrogens is 1. The van der Waals surface area contributed by atoms with Gasteiger partial charge in [-0.3, -0.25) is 4.79 Å². The molecule has 2 rings (SSSR count). The zero-order valence-electron chi connectivity index (χ0n) is 16.4. The molecule has 1 aromatic carbocycles. The molecule has 0 aliphatic rings. The van der Waals surface area contributed by atoms with E-state index in [1.54, 1.807) is 0 Å². The number of hydrogen-bond acceptors (Lipinski definition) is 3. The summed E-state index contributed by atoms with van der Waals surface area (Å²) in [5.41, 5.74) is 5.30. The summed E-state index contributed by atoms with van der Waals surface area (Å²) in [6, 6.07) is 10.5. The van der Waals surface area contributed by atoms with Crippen LogP contribution in [0.25, 0.3) is 11.3 Å². The monoisotopic (exact) mass is 358 g/mol. The molecule has 0 saturated heterocycles. The van der Waals surface area contributed by atoms with Crippen LogP contribution in [0.15, 0.2) is 35.1 Å². The standard InChI is InChI=1S/C21H30N2OS/c1-14-8-10-17(11-9-14)19-15(2)12-18(22-25-7)20(24)23(19)16(3)13-21(4,5)6/h8-12,16,22H,13H2,1-7H3. The third kappa shape index (κ3) is 4.69. The lowest BCUT2D eigenvalue weighted by Crippen LogP contribution is -2.29. The number of benzene rings is 1. The first-order valence-corrected chi connectivity index (χ1v) is 9.98. The minimum absolute atomic E-state index is 0.0484. The number of nitrogens with one attached hydrogen (secondary N) is 1. The van der Waals surface area contributed by atoms with E-state index in [1.165, 1.54) is 17.5 Å². The lowest BCUT2D eigenvalue weighted by atomic mass is 9.88. The average Bonchev–Trinajstić information content (AvgIpc) is 2.49. The predicted octanol–water partition coefficient (Wildman–Crippen LogP) is 5.82. The van der Waals surface area contributed by atoms with Crippen LogP contribution in [0.2, 0.25) is 0 Å². The quantitative estimate of drug-likeness (QED) is 0.684. The maximum Gasteiger partial charge on any atom is 0.275 e. The average molecular weight is 359 g/mol. The fourth-order valence-electron chi connectivity index (χ4n) is 3.43. The number of pyridine rings is 1. The van der Waals surface area contributed by atoms with Crippen molar-refractivity contribution in [1.29, 1.82) is 0 Å². The molecule has 25 heavy (non-hydrogen) atoms. The molecule has 1 aromatic heterocycles. The predicted molar refractivity (Wildman–Crippen MR) is 112 cm³/mol. The van der Waals surface area contributed by atoms with E-state index in [-0.39, 0.29) is 17.0 Å². The molecule has 136 valence electrons. The van der Waals surface area contributed by atoms with Crippen molar-refractivity contribution in [2.45, 2.75) is 54.0 Å². The van der Waals surface area contributed by atoms with Gasteiger partial charge in [-0.25, -0.2) is 0 Å². The molecule has 0 aliphatic carbocycles. The Labute approximate surface area is 156 Å². The van der Waals surface area contributed by atoms with E-state index < -0.39 is 0 Å². The first-order chi connectivity index (χ1) is 11.6. The highest BCUT2D eigenvalue weighted by Gasteiger charge is 2.22. The highest BCUT2D eigenvalue weighted by Crippen LogP contribution is 2.32. The second-order valence-electron chi connectivity index (χ2n) is 8.05. The van der Waals surface area contributed by atoms with Crippen molar-refractivity contribution in [3.05, 3.63) is 51.8 Å². The van der Waals surface area contributed by atoms with Crippen molar-refractivity contribution in [3.8, 4) is 11.3 Å². The second-order valence-corrected chi connectivity index (χ2v) is 8.66. The summed E-state index contributed by atoms with van der Waals surface area (Å²) in [7, 11) is 0. The molecular weight excluding hydrogens is 328 g/mol. The highest BCUT2D eigenvalue weighted by molar-refractivity contribution is 7.99. The molecule has 1 atom stereocenters. The molecule has 0 amide bonds. The Balaban J connectivity index is 2.70. The molecule has 1 N–H and O–H groups in total. The van der Waals surface area contributed by atoms with Gasteiger partial charge in [0.05, 0.1) is 5.69 Å². The summed E-state index contributed by atoms with van der Waals surface area (Å²) in [4.78, 5) is 13.2. The van der Waals surface area contributed by atoms with Crippen molar-refractivity contribution in [3.63, 3.8) is 0 Å². The van der Waals surface area contributed by atoms with E-state index in [9.17, 15) is 4.79 Å². The fraction of sp³-hybridized carbons (Fsp3) is 0.476. The molecule has 0 spiro atoms. The van der Waals surface area contributed by atoms with Gasteiger partial charge in [-0.1, -0.05) is 62.5 Å². The first-order valence-electron chi connectivity index (χ1n) is 8.76. The Kier molecular flexibility index (Phi) is 6.04. The summed E-state index contributed by atoms with van der Waals surface area (Å²) >= 11 is 1.45. The lowest BCUT2D eigenvalue weighted by Gasteiger charge is -2.28. The van der Waals surface area contributed by atoms with E-state index >= 15 is 0 Å². The Morgan fingerprint density at radius 1 is 1.16 bits per heavy atom. The van der Waals surface area contributed by atoms with Crippen LogP contribution in [-0.2, 0) is 0 Å². The first kappa shape index (κ1) is 19.6. The molecule has 0 aliphatic heterocycles. The largest absolute Gasteiger partial charge is 0.325 e. The zero-order valence-corrected chi connectivity index (χ0v) is 17.3. The number of hydrogen-bond donors (Lipinski definition) is 1. The van der Waals surface area contributed by atoms with Gasteiger partial charge >= 0.3 is 0 Å². The topological polar surface area (TPSA) is 34.0 Å². The SMILES string of the molecule is CSNc1cc(C)c(-c2ccc(C)cc2)n(C(C)CC(C)(C)C)c1=O. The summed E-state index contributed by atoms with van der Waals surface area (Å²) in [6.07, 6.45) is 2.87. The summed E-state index contributed by atoms with van der Waals surface area (Å²) in [5.74, 6) is 0. The van der Waals surface area contributed by atoms with E-state index in [0.717, 1.165) is 23.2 Å². The van der Waals surface area contributed by atoms with Crippen molar-refractivity contribution >= 4 is 17.6 Å². The number of aryl methyl sites for hydroxylation is 2. The molecule has 4 heteroatoms. The number of anilines is 1. The van der Waals surface area contributed by atoms with Gasteiger partial charge < -0.3 is 9.29 Å². The van der Waals surface area contributed by atoms with Gasteiger partial charge in [0.2, 0.25) is 0 Å². The van der Waals surface area contributed by atoms with Crippen molar-refractivity contribution in [2.24, 2.45) is 5.41 Å². The van der Waals surface area contributed by atoms with Gasteiger partial charge in [-0.2, -0.15) is 0 Å². The Bertz CT molecular complexity index is 785.